The zero-order valence-corrected chi connectivity index (χ0v) is 13.9. The molecule has 4 rings (SSSR count). The minimum absolute atomic E-state index is 0.0527. The monoisotopic (exact) mass is 322 g/mol. The van der Waals surface area contributed by atoms with Crippen molar-refractivity contribution in [1.29, 1.82) is 0 Å². The zero-order chi connectivity index (χ0) is 16.7. The van der Waals surface area contributed by atoms with Gasteiger partial charge in [-0.2, -0.15) is 0 Å². The van der Waals surface area contributed by atoms with Gasteiger partial charge < -0.3 is 9.80 Å². The van der Waals surface area contributed by atoms with Gasteiger partial charge in [0.05, 0.1) is 11.6 Å². The molecule has 0 bridgehead atoms. The summed E-state index contributed by atoms with van der Waals surface area (Å²) >= 11 is 0. The van der Waals surface area contributed by atoms with E-state index in [9.17, 15) is 9.59 Å². The summed E-state index contributed by atoms with van der Waals surface area (Å²) in [5.41, 5.74) is 0.920. The Morgan fingerprint density at radius 1 is 1.08 bits per heavy atom. The number of carbonyl (C=O) groups is 2. The van der Waals surface area contributed by atoms with Crippen molar-refractivity contribution in [3.05, 3.63) is 42.5 Å². The minimum Gasteiger partial charge on any atom is -0.342 e. The molecule has 0 aliphatic carbocycles. The second-order valence-electron chi connectivity index (χ2n) is 7.08. The molecule has 2 atom stereocenters. The minimum atomic E-state index is -0.207. The molecule has 2 saturated heterocycles. The van der Waals surface area contributed by atoms with Gasteiger partial charge in [-0.3, -0.25) is 9.59 Å². The first-order valence-electron chi connectivity index (χ1n) is 8.70. The van der Waals surface area contributed by atoms with Gasteiger partial charge in [-0.1, -0.05) is 43.3 Å². The molecular weight excluding hydrogens is 300 g/mol. The van der Waals surface area contributed by atoms with Crippen molar-refractivity contribution in [3.63, 3.8) is 0 Å². The van der Waals surface area contributed by atoms with Crippen LogP contribution in [0, 0.1) is 11.8 Å². The van der Waals surface area contributed by atoms with Crippen LogP contribution >= 0.6 is 0 Å². The maximum Gasteiger partial charge on any atom is 0.228 e. The number of amides is 2. The quantitative estimate of drug-likeness (QED) is 0.852. The van der Waals surface area contributed by atoms with Crippen LogP contribution in [0.15, 0.2) is 42.5 Å². The Labute approximate surface area is 142 Å². The Bertz CT molecular complexity index is 796. The molecule has 24 heavy (non-hydrogen) atoms. The number of hydrogen-bond donors (Lipinski definition) is 0. The van der Waals surface area contributed by atoms with E-state index >= 15 is 0 Å². The van der Waals surface area contributed by atoms with Crippen LogP contribution < -0.4 is 4.90 Å². The lowest BCUT2D eigenvalue weighted by Crippen LogP contribution is -2.35. The van der Waals surface area contributed by atoms with Crippen molar-refractivity contribution in [2.75, 3.05) is 24.5 Å². The van der Waals surface area contributed by atoms with Gasteiger partial charge in [-0.15, -0.1) is 0 Å². The Kier molecular flexibility index (Phi) is 3.75. The van der Waals surface area contributed by atoms with Gasteiger partial charge in [-0.25, -0.2) is 0 Å². The van der Waals surface area contributed by atoms with Crippen molar-refractivity contribution in [1.82, 2.24) is 4.90 Å². The molecule has 0 aromatic heterocycles. The normalized spacial score (nSPS) is 24.1. The van der Waals surface area contributed by atoms with E-state index in [1.807, 2.05) is 47.4 Å². The van der Waals surface area contributed by atoms with Gasteiger partial charge in [0, 0.05) is 31.4 Å². The molecule has 0 spiro atoms. The van der Waals surface area contributed by atoms with Crippen molar-refractivity contribution >= 4 is 28.3 Å². The molecule has 0 radical (unpaired) electrons. The first kappa shape index (κ1) is 15.2. The van der Waals surface area contributed by atoms with E-state index in [0.29, 0.717) is 18.9 Å². The van der Waals surface area contributed by atoms with Gasteiger partial charge >= 0.3 is 0 Å². The number of likely N-dealkylation sites (tertiary alicyclic amines) is 1. The Balaban J connectivity index is 1.59. The molecule has 2 unspecified atom stereocenters. The SMILES string of the molecule is CC1CCN(C(=O)C2CC(=O)N(c3cccc4ccccc34)C2)C1. The average molecular weight is 322 g/mol. The third kappa shape index (κ3) is 2.56. The van der Waals surface area contributed by atoms with Crippen LogP contribution in [-0.2, 0) is 9.59 Å². The molecule has 2 heterocycles. The lowest BCUT2D eigenvalue weighted by Gasteiger charge is -2.21. The second-order valence-corrected chi connectivity index (χ2v) is 7.08. The fourth-order valence-electron chi connectivity index (χ4n) is 3.94. The largest absolute Gasteiger partial charge is 0.342 e. The number of benzene rings is 2. The molecule has 2 fully saturated rings. The third-order valence-electron chi connectivity index (χ3n) is 5.27. The van der Waals surface area contributed by atoms with Gasteiger partial charge in [0.15, 0.2) is 0 Å². The van der Waals surface area contributed by atoms with E-state index in [-0.39, 0.29) is 17.7 Å². The first-order valence-corrected chi connectivity index (χ1v) is 8.70. The molecule has 2 amide bonds. The number of carbonyl (C=O) groups excluding carboxylic acids is 2. The Morgan fingerprint density at radius 3 is 2.67 bits per heavy atom. The summed E-state index contributed by atoms with van der Waals surface area (Å²) < 4.78 is 0. The highest BCUT2D eigenvalue weighted by Gasteiger charge is 2.38. The van der Waals surface area contributed by atoms with E-state index < -0.39 is 0 Å². The van der Waals surface area contributed by atoms with E-state index in [1.165, 1.54) is 0 Å². The molecule has 2 aromatic carbocycles. The lowest BCUT2D eigenvalue weighted by molar-refractivity contribution is -0.134. The number of anilines is 1. The summed E-state index contributed by atoms with van der Waals surface area (Å²) in [7, 11) is 0. The predicted octanol–water partition coefficient (Wildman–Crippen LogP) is 3.06. The Morgan fingerprint density at radius 2 is 1.88 bits per heavy atom. The fraction of sp³-hybridized carbons (Fsp3) is 0.400. The molecule has 0 saturated carbocycles. The van der Waals surface area contributed by atoms with Crippen LogP contribution in [0.4, 0.5) is 5.69 Å². The van der Waals surface area contributed by atoms with Crippen LogP contribution in [0.3, 0.4) is 0 Å². The number of hydrogen-bond acceptors (Lipinski definition) is 2. The molecule has 2 aliphatic heterocycles. The zero-order valence-electron chi connectivity index (χ0n) is 13.9. The molecule has 4 heteroatoms. The third-order valence-corrected chi connectivity index (χ3v) is 5.27. The highest BCUT2D eigenvalue weighted by atomic mass is 16.2. The molecule has 124 valence electrons. The predicted molar refractivity (Wildman–Crippen MR) is 94.8 cm³/mol. The summed E-state index contributed by atoms with van der Waals surface area (Å²) in [6.45, 7) is 4.34. The van der Waals surface area contributed by atoms with E-state index in [4.69, 9.17) is 0 Å². The van der Waals surface area contributed by atoms with Gasteiger partial charge in [0.1, 0.15) is 0 Å². The van der Waals surface area contributed by atoms with Crippen molar-refractivity contribution in [2.45, 2.75) is 19.8 Å². The van der Waals surface area contributed by atoms with Crippen LogP contribution in [-0.4, -0.2) is 36.3 Å². The number of fused-ring (bicyclic) bond motifs is 1. The maximum atomic E-state index is 12.7. The molecule has 2 aromatic rings. The highest BCUT2D eigenvalue weighted by Crippen LogP contribution is 2.32. The topological polar surface area (TPSA) is 40.6 Å². The van der Waals surface area contributed by atoms with Gasteiger partial charge in [-0.05, 0) is 23.8 Å². The summed E-state index contributed by atoms with van der Waals surface area (Å²) in [5, 5.41) is 2.18. The molecule has 4 nitrogen and oxygen atoms in total. The van der Waals surface area contributed by atoms with Gasteiger partial charge in [0.2, 0.25) is 11.8 Å². The number of nitrogens with zero attached hydrogens (tertiary/aromatic N) is 2. The van der Waals surface area contributed by atoms with Gasteiger partial charge in [0.25, 0.3) is 0 Å². The lowest BCUT2D eigenvalue weighted by atomic mass is 10.1. The van der Waals surface area contributed by atoms with Crippen molar-refractivity contribution in [3.8, 4) is 0 Å². The molecule has 0 N–H and O–H groups in total. The summed E-state index contributed by atoms with van der Waals surface area (Å²) in [5.74, 6) is 0.564. The van der Waals surface area contributed by atoms with Crippen LogP contribution in [0.1, 0.15) is 19.8 Å². The summed E-state index contributed by atoms with van der Waals surface area (Å²) in [4.78, 5) is 29.0. The van der Waals surface area contributed by atoms with Crippen LogP contribution in [0.25, 0.3) is 10.8 Å². The van der Waals surface area contributed by atoms with E-state index in [0.717, 1.165) is 36.0 Å². The Hall–Kier alpha value is -2.36. The molecule has 2 aliphatic rings. The summed E-state index contributed by atoms with van der Waals surface area (Å²) in [6, 6.07) is 14.1. The maximum absolute atomic E-state index is 12.7. The summed E-state index contributed by atoms with van der Waals surface area (Å²) in [6.07, 6.45) is 1.40. The van der Waals surface area contributed by atoms with Crippen LogP contribution in [0.5, 0.6) is 0 Å². The van der Waals surface area contributed by atoms with Crippen molar-refractivity contribution in [2.24, 2.45) is 11.8 Å². The van der Waals surface area contributed by atoms with Crippen LogP contribution in [0.2, 0.25) is 0 Å². The fourth-order valence-corrected chi connectivity index (χ4v) is 3.94. The smallest absolute Gasteiger partial charge is 0.228 e. The van der Waals surface area contributed by atoms with E-state index in [1.54, 1.807) is 4.90 Å². The average Bonchev–Trinajstić information content (AvgIpc) is 3.20. The standard InChI is InChI=1S/C20H22N2O2/c1-14-9-10-21(12-14)20(24)16-11-19(23)22(13-16)18-8-4-6-15-5-2-3-7-17(15)18/h2-8,14,16H,9-13H2,1H3. The highest BCUT2D eigenvalue weighted by molar-refractivity contribution is 6.07. The molecular formula is C20H22N2O2. The second kappa shape index (κ2) is 5.93. The number of rotatable bonds is 2. The van der Waals surface area contributed by atoms with Crippen molar-refractivity contribution < 1.29 is 9.59 Å². The first-order chi connectivity index (χ1) is 11.6. The van der Waals surface area contributed by atoms with E-state index in [2.05, 4.69) is 6.92 Å².